The molecule has 2 rings (SSSR count). The zero-order chi connectivity index (χ0) is 14.7. The molecule has 0 fully saturated rings. The lowest BCUT2D eigenvalue weighted by molar-refractivity contribution is 0.0696. The highest BCUT2D eigenvalue weighted by Gasteiger charge is 2.08. The van der Waals surface area contributed by atoms with E-state index in [9.17, 15) is 4.79 Å². The summed E-state index contributed by atoms with van der Waals surface area (Å²) in [6, 6.07) is 7.13. The summed E-state index contributed by atoms with van der Waals surface area (Å²) >= 11 is 6.17. The molecule has 5 nitrogen and oxygen atoms in total. The maximum atomic E-state index is 10.7. The Hall–Kier alpha value is -2.14. The second-order valence-electron chi connectivity index (χ2n) is 4.52. The largest absolute Gasteiger partial charge is 0.478 e. The minimum absolute atomic E-state index is 0.141. The summed E-state index contributed by atoms with van der Waals surface area (Å²) in [6.07, 6.45) is 1.22. The molecular weight excluding hydrogens is 280 g/mol. The summed E-state index contributed by atoms with van der Waals surface area (Å²) in [6.45, 7) is 0.394. The number of furan rings is 1. The molecule has 1 aromatic carbocycles. The fourth-order valence-corrected chi connectivity index (χ4v) is 2.10. The minimum atomic E-state index is -1.00. The zero-order valence-corrected chi connectivity index (χ0v) is 11.9. The molecular formula is C14H15ClN2O3. The number of carbonyl (C=O) groups is 1. The molecule has 1 aromatic heterocycles. The van der Waals surface area contributed by atoms with E-state index in [2.05, 4.69) is 5.32 Å². The number of carboxylic acids is 1. The van der Waals surface area contributed by atoms with Gasteiger partial charge < -0.3 is 19.7 Å². The molecule has 2 aromatic rings. The first-order valence-electron chi connectivity index (χ1n) is 5.99. The first kappa shape index (κ1) is 14.3. The van der Waals surface area contributed by atoms with Crippen LogP contribution in [0.1, 0.15) is 16.1 Å². The van der Waals surface area contributed by atoms with Gasteiger partial charge in [0.05, 0.1) is 22.8 Å². The Bertz CT molecular complexity index is 623. The molecule has 20 heavy (non-hydrogen) atoms. The average Bonchev–Trinajstić information content (AvgIpc) is 2.85. The highest BCUT2D eigenvalue weighted by atomic mass is 35.5. The third-order valence-corrected chi connectivity index (χ3v) is 3.10. The van der Waals surface area contributed by atoms with Gasteiger partial charge in [-0.25, -0.2) is 4.79 Å². The van der Waals surface area contributed by atoms with Crippen molar-refractivity contribution in [3.8, 4) is 0 Å². The molecule has 0 aliphatic rings. The van der Waals surface area contributed by atoms with Crippen molar-refractivity contribution in [3.63, 3.8) is 0 Å². The molecule has 0 radical (unpaired) electrons. The van der Waals surface area contributed by atoms with Crippen LogP contribution < -0.4 is 10.2 Å². The smallest absolute Gasteiger partial charge is 0.338 e. The van der Waals surface area contributed by atoms with Crippen LogP contribution in [0.2, 0.25) is 5.02 Å². The summed E-state index contributed by atoms with van der Waals surface area (Å²) in [5.74, 6) is -0.450. The minimum Gasteiger partial charge on any atom is -0.478 e. The van der Waals surface area contributed by atoms with Gasteiger partial charge in [0.25, 0.3) is 0 Å². The van der Waals surface area contributed by atoms with Crippen molar-refractivity contribution in [2.24, 2.45) is 0 Å². The summed E-state index contributed by atoms with van der Waals surface area (Å²) in [5.41, 5.74) is 1.92. The van der Waals surface area contributed by atoms with Gasteiger partial charge in [-0.1, -0.05) is 11.6 Å². The highest BCUT2D eigenvalue weighted by Crippen LogP contribution is 2.27. The third-order valence-electron chi connectivity index (χ3n) is 2.80. The van der Waals surface area contributed by atoms with E-state index in [0.717, 1.165) is 11.4 Å². The molecule has 0 aliphatic heterocycles. The van der Waals surface area contributed by atoms with Gasteiger partial charge in [0.1, 0.15) is 12.0 Å². The first-order valence-corrected chi connectivity index (χ1v) is 6.36. The van der Waals surface area contributed by atoms with Gasteiger partial charge in [0.15, 0.2) is 0 Å². The highest BCUT2D eigenvalue weighted by molar-refractivity contribution is 6.33. The van der Waals surface area contributed by atoms with Crippen molar-refractivity contribution >= 4 is 28.9 Å². The van der Waals surface area contributed by atoms with Crippen molar-refractivity contribution in [2.75, 3.05) is 24.3 Å². The number of hydrogen-bond acceptors (Lipinski definition) is 4. The monoisotopic (exact) mass is 294 g/mol. The fourth-order valence-electron chi connectivity index (χ4n) is 1.75. The van der Waals surface area contributed by atoms with Gasteiger partial charge >= 0.3 is 5.97 Å². The number of anilines is 2. The molecule has 0 aliphatic carbocycles. The molecule has 106 valence electrons. The molecule has 0 saturated heterocycles. The number of halogens is 1. The second kappa shape index (κ2) is 5.88. The Labute approximate surface area is 121 Å². The number of rotatable bonds is 5. The van der Waals surface area contributed by atoms with Gasteiger partial charge in [0.2, 0.25) is 0 Å². The molecule has 0 atom stereocenters. The van der Waals surface area contributed by atoms with Crippen molar-refractivity contribution in [1.29, 1.82) is 0 Å². The molecule has 0 unspecified atom stereocenters. The SMILES string of the molecule is CN(C)c1ccc(NCc2cc(C(=O)O)co2)cc1Cl. The van der Waals surface area contributed by atoms with Crippen LogP contribution in [0.3, 0.4) is 0 Å². The van der Waals surface area contributed by atoms with Crippen LogP contribution in [0.5, 0.6) is 0 Å². The van der Waals surface area contributed by atoms with Crippen LogP contribution in [-0.4, -0.2) is 25.2 Å². The van der Waals surface area contributed by atoms with E-state index in [-0.39, 0.29) is 5.56 Å². The quantitative estimate of drug-likeness (QED) is 0.885. The second-order valence-corrected chi connectivity index (χ2v) is 4.93. The topological polar surface area (TPSA) is 65.7 Å². The number of nitrogens with one attached hydrogen (secondary N) is 1. The van der Waals surface area contributed by atoms with Crippen LogP contribution in [-0.2, 0) is 6.54 Å². The number of benzene rings is 1. The van der Waals surface area contributed by atoms with Crippen molar-refractivity contribution in [3.05, 3.63) is 46.9 Å². The lowest BCUT2D eigenvalue weighted by atomic mass is 10.2. The lowest BCUT2D eigenvalue weighted by Crippen LogP contribution is -2.09. The van der Waals surface area contributed by atoms with Gasteiger partial charge in [-0.3, -0.25) is 0 Å². The van der Waals surface area contributed by atoms with E-state index < -0.39 is 5.97 Å². The zero-order valence-electron chi connectivity index (χ0n) is 11.2. The standard InChI is InChI=1S/C14H15ClN2O3/c1-17(2)13-4-3-10(6-12(13)15)16-7-11-5-9(8-20-11)14(18)19/h3-6,8,16H,7H2,1-2H3,(H,18,19). The fraction of sp³-hybridized carbons (Fsp3) is 0.214. The predicted octanol–water partition coefficient (Wildman–Crippen LogP) is 3.31. The molecule has 0 amide bonds. The summed E-state index contributed by atoms with van der Waals surface area (Å²) in [7, 11) is 3.84. The Morgan fingerprint density at radius 3 is 2.70 bits per heavy atom. The van der Waals surface area contributed by atoms with E-state index in [4.69, 9.17) is 21.1 Å². The molecule has 0 spiro atoms. The van der Waals surface area contributed by atoms with Crippen LogP contribution in [0.25, 0.3) is 0 Å². The van der Waals surface area contributed by atoms with Crippen molar-refractivity contribution in [2.45, 2.75) is 6.54 Å². The van der Waals surface area contributed by atoms with E-state index >= 15 is 0 Å². The summed E-state index contributed by atoms with van der Waals surface area (Å²) in [5, 5.41) is 12.6. The lowest BCUT2D eigenvalue weighted by Gasteiger charge is -2.15. The summed E-state index contributed by atoms with van der Waals surface area (Å²) in [4.78, 5) is 12.7. The maximum Gasteiger partial charge on any atom is 0.338 e. The van der Waals surface area contributed by atoms with Crippen molar-refractivity contribution in [1.82, 2.24) is 0 Å². The molecule has 1 heterocycles. The van der Waals surface area contributed by atoms with E-state index in [1.54, 1.807) is 0 Å². The number of nitrogens with zero attached hydrogens (tertiary/aromatic N) is 1. The van der Waals surface area contributed by atoms with Gasteiger partial charge in [-0.15, -0.1) is 0 Å². The van der Waals surface area contributed by atoms with Crippen LogP contribution in [0, 0.1) is 0 Å². The molecule has 0 saturated carbocycles. The normalized spacial score (nSPS) is 10.3. The first-order chi connectivity index (χ1) is 9.47. The van der Waals surface area contributed by atoms with Gasteiger partial charge in [-0.05, 0) is 24.3 Å². The average molecular weight is 295 g/mol. The number of carboxylic acid groups (broad SMARTS) is 1. The van der Waals surface area contributed by atoms with Crippen LogP contribution >= 0.6 is 11.6 Å². The van der Waals surface area contributed by atoms with Gasteiger partial charge in [-0.2, -0.15) is 0 Å². The van der Waals surface area contributed by atoms with E-state index in [1.807, 2.05) is 37.2 Å². The Morgan fingerprint density at radius 2 is 2.15 bits per heavy atom. The van der Waals surface area contributed by atoms with Crippen LogP contribution in [0.4, 0.5) is 11.4 Å². The Morgan fingerprint density at radius 1 is 1.40 bits per heavy atom. The number of hydrogen-bond donors (Lipinski definition) is 2. The van der Waals surface area contributed by atoms with E-state index in [1.165, 1.54) is 12.3 Å². The van der Waals surface area contributed by atoms with Crippen molar-refractivity contribution < 1.29 is 14.3 Å². The van der Waals surface area contributed by atoms with Crippen LogP contribution in [0.15, 0.2) is 34.9 Å². The third kappa shape index (κ3) is 3.24. The Kier molecular flexibility index (Phi) is 4.20. The Balaban J connectivity index is 2.03. The predicted molar refractivity (Wildman–Crippen MR) is 78.8 cm³/mol. The molecule has 0 bridgehead atoms. The molecule has 2 N–H and O–H groups in total. The molecule has 6 heteroatoms. The maximum absolute atomic E-state index is 10.7. The van der Waals surface area contributed by atoms with Gasteiger partial charge in [0, 0.05) is 19.8 Å². The van der Waals surface area contributed by atoms with E-state index in [0.29, 0.717) is 17.3 Å². The number of aromatic carboxylic acids is 1. The summed E-state index contributed by atoms with van der Waals surface area (Å²) < 4.78 is 5.16.